The molecule has 0 unspecified atom stereocenters. The number of nitrogens with zero attached hydrogens (tertiary/aromatic N) is 1. The highest BCUT2D eigenvalue weighted by molar-refractivity contribution is 7.80. The molecule has 0 bridgehead atoms. The Morgan fingerprint density at radius 2 is 2.18 bits per heavy atom. The molecule has 1 aromatic rings. The number of hydrogen-bond donors (Lipinski definition) is 3. The topological polar surface area (TPSA) is 56.7 Å². The summed E-state index contributed by atoms with van der Waals surface area (Å²) >= 11 is 5.35. The van der Waals surface area contributed by atoms with Gasteiger partial charge in [0.25, 0.3) is 0 Å². The molecule has 1 aromatic carbocycles. The standard InChI is InChI=1S/C17H21N3OS/c1-3-13(8-6-10-18-2)19-17(22)20-16-14-9-5-4-7-12(14)11-15(16)21/h3-10,15-16,21H,11H2,1-2H3,(H2,19,20,22)/b8-6-,13-3+,18-10+/t15-,16+/m0/s1. The van der Waals surface area contributed by atoms with Crippen LogP contribution in [-0.4, -0.2) is 29.6 Å². The van der Waals surface area contributed by atoms with E-state index in [-0.39, 0.29) is 6.04 Å². The molecule has 0 fully saturated rings. The molecule has 0 radical (unpaired) electrons. The zero-order chi connectivity index (χ0) is 15.9. The molecule has 0 spiro atoms. The third-order valence-corrected chi connectivity index (χ3v) is 3.79. The van der Waals surface area contributed by atoms with E-state index in [1.54, 1.807) is 13.3 Å². The summed E-state index contributed by atoms with van der Waals surface area (Å²) in [6.07, 6.45) is 7.55. The average Bonchev–Trinajstić information content (AvgIpc) is 2.82. The van der Waals surface area contributed by atoms with Crippen molar-refractivity contribution >= 4 is 23.5 Å². The number of thiocarbonyl (C=S) groups is 1. The number of aliphatic imine (C=N–C) groups is 1. The van der Waals surface area contributed by atoms with Crippen molar-refractivity contribution in [3.8, 4) is 0 Å². The lowest BCUT2D eigenvalue weighted by atomic mass is 10.1. The van der Waals surface area contributed by atoms with E-state index < -0.39 is 6.10 Å². The molecule has 0 aliphatic heterocycles. The number of benzene rings is 1. The Balaban J connectivity index is 2.00. The molecule has 116 valence electrons. The zero-order valence-corrected chi connectivity index (χ0v) is 13.6. The van der Waals surface area contributed by atoms with Crippen molar-refractivity contribution in [3.05, 3.63) is 59.3 Å². The zero-order valence-electron chi connectivity index (χ0n) is 12.8. The van der Waals surface area contributed by atoms with E-state index >= 15 is 0 Å². The molecule has 5 heteroatoms. The fraction of sp³-hybridized carbons (Fsp3) is 0.294. The van der Waals surface area contributed by atoms with Crippen molar-refractivity contribution < 1.29 is 5.11 Å². The lowest BCUT2D eigenvalue weighted by Gasteiger charge is -2.20. The highest BCUT2D eigenvalue weighted by Crippen LogP contribution is 2.31. The van der Waals surface area contributed by atoms with Gasteiger partial charge in [0.05, 0.1) is 12.1 Å². The minimum Gasteiger partial charge on any atom is -0.390 e. The molecule has 0 aromatic heterocycles. The first kappa shape index (κ1) is 16.4. The van der Waals surface area contributed by atoms with Crippen molar-refractivity contribution in [1.82, 2.24) is 10.6 Å². The molecule has 1 aliphatic rings. The fourth-order valence-corrected chi connectivity index (χ4v) is 2.74. The maximum Gasteiger partial charge on any atom is 0.171 e. The Morgan fingerprint density at radius 3 is 2.91 bits per heavy atom. The Labute approximate surface area is 136 Å². The van der Waals surface area contributed by atoms with Gasteiger partial charge in [0.15, 0.2) is 5.11 Å². The van der Waals surface area contributed by atoms with E-state index in [0.29, 0.717) is 11.5 Å². The molecule has 0 saturated heterocycles. The molecule has 2 atom stereocenters. The van der Waals surface area contributed by atoms with E-state index in [2.05, 4.69) is 15.6 Å². The predicted molar refractivity (Wildman–Crippen MR) is 95.1 cm³/mol. The summed E-state index contributed by atoms with van der Waals surface area (Å²) in [6.45, 7) is 1.93. The van der Waals surface area contributed by atoms with Crippen LogP contribution in [0.15, 0.2) is 53.2 Å². The van der Waals surface area contributed by atoms with Crippen molar-refractivity contribution in [1.29, 1.82) is 0 Å². The van der Waals surface area contributed by atoms with Gasteiger partial charge >= 0.3 is 0 Å². The molecule has 4 nitrogen and oxygen atoms in total. The maximum absolute atomic E-state index is 10.2. The minimum atomic E-state index is -0.464. The number of hydrogen-bond acceptors (Lipinski definition) is 3. The summed E-state index contributed by atoms with van der Waals surface area (Å²) < 4.78 is 0. The average molecular weight is 315 g/mol. The smallest absolute Gasteiger partial charge is 0.171 e. The maximum atomic E-state index is 10.2. The Kier molecular flexibility index (Phi) is 5.86. The number of aliphatic hydroxyl groups excluding tert-OH is 1. The van der Waals surface area contributed by atoms with Crippen LogP contribution in [0.5, 0.6) is 0 Å². The molecular weight excluding hydrogens is 294 g/mol. The third-order valence-electron chi connectivity index (χ3n) is 3.57. The van der Waals surface area contributed by atoms with E-state index in [1.807, 2.05) is 49.4 Å². The van der Waals surface area contributed by atoms with Gasteiger partial charge in [-0.3, -0.25) is 4.99 Å². The first-order chi connectivity index (χ1) is 10.7. The SMILES string of the molecule is C\C=C(/C=C\C=N\C)NC(=S)N[C@@H]1c2ccccc2C[C@@H]1O. The van der Waals surface area contributed by atoms with Crippen LogP contribution in [0.2, 0.25) is 0 Å². The van der Waals surface area contributed by atoms with Crippen molar-refractivity contribution in [2.24, 2.45) is 4.99 Å². The van der Waals surface area contributed by atoms with Gasteiger partial charge in [0.2, 0.25) is 0 Å². The molecule has 2 rings (SSSR count). The lowest BCUT2D eigenvalue weighted by molar-refractivity contribution is 0.150. The van der Waals surface area contributed by atoms with E-state index in [4.69, 9.17) is 12.2 Å². The van der Waals surface area contributed by atoms with Crippen molar-refractivity contribution in [2.45, 2.75) is 25.5 Å². The fourth-order valence-electron chi connectivity index (χ4n) is 2.50. The van der Waals surface area contributed by atoms with Crippen LogP contribution in [0.25, 0.3) is 0 Å². The number of rotatable bonds is 4. The minimum absolute atomic E-state index is 0.171. The van der Waals surface area contributed by atoms with Crippen LogP contribution in [-0.2, 0) is 6.42 Å². The summed E-state index contributed by atoms with van der Waals surface area (Å²) in [5, 5.41) is 17.0. The second kappa shape index (κ2) is 7.87. The summed E-state index contributed by atoms with van der Waals surface area (Å²) in [6, 6.07) is 7.87. The van der Waals surface area contributed by atoms with Gasteiger partial charge in [-0.1, -0.05) is 30.3 Å². The Hall–Kier alpha value is -1.98. The molecule has 0 amide bonds. The largest absolute Gasteiger partial charge is 0.390 e. The molecule has 0 heterocycles. The predicted octanol–water partition coefficient (Wildman–Crippen LogP) is 2.27. The van der Waals surface area contributed by atoms with Gasteiger partial charge in [-0.05, 0) is 42.4 Å². The van der Waals surface area contributed by atoms with Crippen LogP contribution in [0.4, 0.5) is 0 Å². The van der Waals surface area contributed by atoms with Crippen LogP contribution in [0, 0.1) is 0 Å². The van der Waals surface area contributed by atoms with E-state index in [0.717, 1.165) is 11.3 Å². The Morgan fingerprint density at radius 1 is 1.41 bits per heavy atom. The molecular formula is C17H21N3OS. The summed E-state index contributed by atoms with van der Waals surface area (Å²) in [7, 11) is 1.72. The van der Waals surface area contributed by atoms with Crippen LogP contribution < -0.4 is 10.6 Å². The van der Waals surface area contributed by atoms with Gasteiger partial charge in [-0.2, -0.15) is 0 Å². The molecule has 3 N–H and O–H groups in total. The van der Waals surface area contributed by atoms with Crippen molar-refractivity contribution in [2.75, 3.05) is 7.05 Å². The lowest BCUT2D eigenvalue weighted by Crippen LogP contribution is -2.40. The van der Waals surface area contributed by atoms with Gasteiger partial charge in [-0.15, -0.1) is 0 Å². The van der Waals surface area contributed by atoms with Gasteiger partial charge in [0.1, 0.15) is 0 Å². The number of aliphatic hydroxyl groups is 1. The molecule has 22 heavy (non-hydrogen) atoms. The number of nitrogens with one attached hydrogen (secondary N) is 2. The van der Waals surface area contributed by atoms with Gasteiger partial charge in [-0.25, -0.2) is 0 Å². The second-order valence-electron chi connectivity index (χ2n) is 5.06. The van der Waals surface area contributed by atoms with Gasteiger partial charge in [0, 0.05) is 25.4 Å². The quantitative estimate of drug-likeness (QED) is 0.453. The normalized spacial score (nSPS) is 21.3. The number of fused-ring (bicyclic) bond motifs is 1. The van der Waals surface area contributed by atoms with E-state index in [9.17, 15) is 5.11 Å². The summed E-state index contributed by atoms with van der Waals surface area (Å²) in [5.74, 6) is 0. The van der Waals surface area contributed by atoms with Crippen LogP contribution >= 0.6 is 12.2 Å². The molecule has 1 aliphatic carbocycles. The first-order valence-electron chi connectivity index (χ1n) is 7.24. The monoisotopic (exact) mass is 315 g/mol. The summed E-state index contributed by atoms with van der Waals surface area (Å²) in [4.78, 5) is 3.89. The molecule has 0 saturated carbocycles. The van der Waals surface area contributed by atoms with Crippen molar-refractivity contribution in [3.63, 3.8) is 0 Å². The van der Waals surface area contributed by atoms with Crippen LogP contribution in [0.3, 0.4) is 0 Å². The third kappa shape index (κ3) is 4.02. The van der Waals surface area contributed by atoms with E-state index in [1.165, 1.54) is 5.56 Å². The second-order valence-corrected chi connectivity index (χ2v) is 5.47. The first-order valence-corrected chi connectivity index (χ1v) is 7.65. The van der Waals surface area contributed by atoms with Crippen LogP contribution in [0.1, 0.15) is 24.1 Å². The van der Waals surface area contributed by atoms with Gasteiger partial charge < -0.3 is 15.7 Å². The highest BCUT2D eigenvalue weighted by Gasteiger charge is 2.31. The summed E-state index contributed by atoms with van der Waals surface area (Å²) in [5.41, 5.74) is 3.15. The highest BCUT2D eigenvalue weighted by atomic mass is 32.1. The number of allylic oxidation sites excluding steroid dienone is 3. The Bertz CT molecular complexity index is 622.